The molecule has 5 heteroatoms. The Bertz CT molecular complexity index is 587. The molecule has 0 saturated carbocycles. The van der Waals surface area contributed by atoms with Gasteiger partial charge in [0.25, 0.3) is 10.5 Å². The molecule has 0 aliphatic heterocycles. The Kier molecular flexibility index (Phi) is 3.00. The van der Waals surface area contributed by atoms with Crippen molar-refractivity contribution < 1.29 is 9.76 Å². The van der Waals surface area contributed by atoms with Gasteiger partial charge in [-0.1, -0.05) is 6.07 Å². The Labute approximate surface area is 97.4 Å². The highest BCUT2D eigenvalue weighted by Crippen LogP contribution is 2.14. The molecule has 2 aromatic rings. The Morgan fingerprint density at radius 1 is 1.12 bits per heavy atom. The van der Waals surface area contributed by atoms with Gasteiger partial charge in [0.15, 0.2) is 7.11 Å². The van der Waals surface area contributed by atoms with Gasteiger partial charge >= 0.3 is 5.69 Å². The zero-order valence-electron chi connectivity index (χ0n) is 9.24. The first-order valence-corrected chi connectivity index (χ1v) is 5.02. The van der Waals surface area contributed by atoms with Gasteiger partial charge in [-0.05, 0) is 18.2 Å². The van der Waals surface area contributed by atoms with Crippen LogP contribution >= 0.6 is 0 Å². The minimum atomic E-state index is -0.119. The molecule has 1 heterocycles. The maximum Gasteiger partial charge on any atom is 0.316 e. The van der Waals surface area contributed by atoms with Crippen molar-refractivity contribution in [1.82, 2.24) is 4.57 Å². The van der Waals surface area contributed by atoms with Crippen molar-refractivity contribution in [3.8, 4) is 5.69 Å². The molecule has 0 saturated heterocycles. The maximum absolute atomic E-state index is 11.6. The highest BCUT2D eigenvalue weighted by molar-refractivity contribution is 5.40. The molecule has 86 valence electrons. The lowest BCUT2D eigenvalue weighted by atomic mass is 10.3. The van der Waals surface area contributed by atoms with E-state index >= 15 is 0 Å². The first-order valence-electron chi connectivity index (χ1n) is 5.02. The number of hydrogen-bond donors (Lipinski definition) is 0. The van der Waals surface area contributed by atoms with Crippen LogP contribution in [0.1, 0.15) is 0 Å². The van der Waals surface area contributed by atoms with Gasteiger partial charge in [-0.3, -0.25) is 9.36 Å². The first-order chi connectivity index (χ1) is 8.22. The second-order valence-electron chi connectivity index (χ2n) is 3.36. The van der Waals surface area contributed by atoms with E-state index in [0.717, 1.165) is 0 Å². The molecule has 0 amide bonds. The lowest BCUT2D eigenvalue weighted by molar-refractivity contribution is -0.736. The molecule has 1 aromatic heterocycles. The Hall–Kier alpha value is -2.43. The second kappa shape index (κ2) is 4.61. The minimum Gasteiger partial charge on any atom is -0.284 e. The third-order valence-corrected chi connectivity index (χ3v) is 2.33. The van der Waals surface area contributed by atoms with Gasteiger partial charge in [0.05, 0.1) is 4.91 Å². The van der Waals surface area contributed by atoms with Crippen molar-refractivity contribution in [3.05, 3.63) is 63.9 Å². The van der Waals surface area contributed by atoms with Crippen molar-refractivity contribution in [3.63, 3.8) is 0 Å². The van der Waals surface area contributed by atoms with Crippen LogP contribution in [0.3, 0.4) is 0 Å². The number of pyridine rings is 1. The fourth-order valence-electron chi connectivity index (χ4n) is 1.48. The van der Waals surface area contributed by atoms with E-state index < -0.39 is 0 Å². The SMILES string of the molecule is CO[N+](=O)c1ccc(-n2ccccc2=O)cc1. The van der Waals surface area contributed by atoms with Gasteiger partial charge in [-0.2, -0.15) is 0 Å². The molecule has 17 heavy (non-hydrogen) atoms. The third-order valence-electron chi connectivity index (χ3n) is 2.33. The van der Waals surface area contributed by atoms with Crippen LogP contribution in [0.4, 0.5) is 5.69 Å². The normalized spacial score (nSPS) is 9.94. The third kappa shape index (κ3) is 2.23. The molecule has 0 bridgehead atoms. The van der Waals surface area contributed by atoms with Crippen molar-refractivity contribution in [2.75, 3.05) is 7.11 Å². The summed E-state index contributed by atoms with van der Waals surface area (Å²) in [5, 5.41) is 0. The fraction of sp³-hybridized carbons (Fsp3) is 0.0833. The molecule has 0 fully saturated rings. The van der Waals surface area contributed by atoms with Crippen molar-refractivity contribution in [2.45, 2.75) is 0 Å². The van der Waals surface area contributed by atoms with Gasteiger partial charge in [0.2, 0.25) is 0 Å². The zero-order chi connectivity index (χ0) is 12.3. The highest BCUT2D eigenvalue weighted by Gasteiger charge is 2.13. The molecule has 2 rings (SSSR count). The van der Waals surface area contributed by atoms with E-state index in [0.29, 0.717) is 16.3 Å². The summed E-state index contributed by atoms with van der Waals surface area (Å²) < 4.78 is 1.49. The van der Waals surface area contributed by atoms with E-state index in [1.807, 2.05) is 0 Å². The lowest BCUT2D eigenvalue weighted by Crippen LogP contribution is -2.15. The highest BCUT2D eigenvalue weighted by atomic mass is 16.8. The summed E-state index contributed by atoms with van der Waals surface area (Å²) in [5.41, 5.74) is 0.954. The average molecular weight is 231 g/mol. The summed E-state index contributed by atoms with van der Waals surface area (Å²) in [4.78, 5) is 27.6. The molecule has 0 N–H and O–H groups in total. The zero-order valence-corrected chi connectivity index (χ0v) is 9.24. The summed E-state index contributed by atoms with van der Waals surface area (Å²) >= 11 is 0. The van der Waals surface area contributed by atoms with E-state index in [-0.39, 0.29) is 5.56 Å². The van der Waals surface area contributed by atoms with Crippen molar-refractivity contribution >= 4 is 5.69 Å². The van der Waals surface area contributed by atoms with Crippen LogP contribution in [0.15, 0.2) is 53.5 Å². The van der Waals surface area contributed by atoms with Crippen LogP contribution in [0.5, 0.6) is 0 Å². The number of rotatable bonds is 3. The van der Waals surface area contributed by atoms with E-state index in [9.17, 15) is 9.70 Å². The smallest absolute Gasteiger partial charge is 0.284 e. The van der Waals surface area contributed by atoms with Crippen molar-refractivity contribution in [2.24, 2.45) is 0 Å². The summed E-state index contributed by atoms with van der Waals surface area (Å²) in [6.45, 7) is 0. The number of aromatic nitrogens is 1. The van der Waals surface area contributed by atoms with Crippen LogP contribution in [-0.2, 0) is 4.84 Å². The molecule has 1 aromatic carbocycles. The van der Waals surface area contributed by atoms with Gasteiger partial charge in [0.1, 0.15) is 0 Å². The summed E-state index contributed by atoms with van der Waals surface area (Å²) in [6, 6.07) is 11.5. The summed E-state index contributed by atoms with van der Waals surface area (Å²) in [6.07, 6.45) is 1.67. The molecule has 0 aliphatic rings. The maximum atomic E-state index is 11.6. The van der Waals surface area contributed by atoms with E-state index in [1.54, 1.807) is 42.6 Å². The predicted molar refractivity (Wildman–Crippen MR) is 62.3 cm³/mol. The molecule has 0 unspecified atom stereocenters. The van der Waals surface area contributed by atoms with Gasteiger partial charge in [-0.15, -0.1) is 0 Å². The summed E-state index contributed by atoms with van der Waals surface area (Å²) in [5.74, 6) is 0. The topological polar surface area (TPSA) is 51.3 Å². The van der Waals surface area contributed by atoms with Crippen LogP contribution < -0.4 is 5.56 Å². The number of benzene rings is 1. The monoisotopic (exact) mass is 231 g/mol. The Morgan fingerprint density at radius 3 is 2.41 bits per heavy atom. The fourth-order valence-corrected chi connectivity index (χ4v) is 1.48. The number of hydrogen-bond acceptors (Lipinski definition) is 3. The quantitative estimate of drug-likeness (QED) is 0.757. The molecule has 0 spiro atoms. The number of nitrogens with zero attached hydrogens (tertiary/aromatic N) is 2. The summed E-state index contributed by atoms with van der Waals surface area (Å²) in [7, 11) is 1.29. The Morgan fingerprint density at radius 2 is 1.82 bits per heavy atom. The van der Waals surface area contributed by atoms with E-state index in [1.165, 1.54) is 17.7 Å². The molecule has 0 aliphatic carbocycles. The van der Waals surface area contributed by atoms with Crippen LogP contribution in [0.25, 0.3) is 5.69 Å². The standard InChI is InChI=1S/C12H11N2O3/c1-17-14(16)11-7-5-10(6-8-11)13-9-3-2-4-12(13)15/h2-9H,1H3/q+1. The molecule has 5 nitrogen and oxygen atoms in total. The van der Waals surface area contributed by atoms with Crippen LogP contribution in [0.2, 0.25) is 0 Å². The largest absolute Gasteiger partial charge is 0.316 e. The molecule has 0 radical (unpaired) electrons. The van der Waals surface area contributed by atoms with Gasteiger partial charge in [0, 0.05) is 30.1 Å². The van der Waals surface area contributed by atoms with Gasteiger partial charge < -0.3 is 0 Å². The minimum absolute atomic E-state index is 0.119. The molecular weight excluding hydrogens is 220 g/mol. The van der Waals surface area contributed by atoms with Crippen LogP contribution in [-0.4, -0.2) is 16.6 Å². The second-order valence-corrected chi connectivity index (χ2v) is 3.36. The molecule has 0 atom stereocenters. The van der Waals surface area contributed by atoms with Gasteiger partial charge in [-0.25, -0.2) is 4.84 Å². The van der Waals surface area contributed by atoms with Crippen molar-refractivity contribution in [1.29, 1.82) is 0 Å². The van der Waals surface area contributed by atoms with E-state index in [2.05, 4.69) is 4.84 Å². The Balaban J connectivity index is 2.40. The first kappa shape index (κ1) is 11.1. The average Bonchev–Trinajstić information content (AvgIpc) is 2.39. The lowest BCUT2D eigenvalue weighted by Gasteiger charge is -2.03. The van der Waals surface area contributed by atoms with Crippen LogP contribution in [0, 0.1) is 4.91 Å². The van der Waals surface area contributed by atoms with E-state index in [4.69, 9.17) is 0 Å². The molecular formula is C12H11N2O3+. The predicted octanol–water partition coefficient (Wildman–Crippen LogP) is 1.81.